The van der Waals surface area contributed by atoms with Crippen LogP contribution in [-0.2, 0) is 11.2 Å². The second-order valence-electron chi connectivity index (χ2n) is 7.58. The Morgan fingerprint density at radius 1 is 1.39 bits per heavy atom. The number of nitrogens with zero attached hydrogens (tertiary/aromatic N) is 1. The second kappa shape index (κ2) is 7.35. The van der Waals surface area contributed by atoms with Crippen LogP contribution in [0.15, 0.2) is 24.3 Å². The highest BCUT2D eigenvalue weighted by Gasteiger charge is 2.31. The van der Waals surface area contributed by atoms with Gasteiger partial charge in [0.15, 0.2) is 0 Å². The molecule has 1 unspecified atom stereocenters. The average Bonchev–Trinajstić information content (AvgIpc) is 2.57. The largest absolute Gasteiger partial charge is 0.491 e. The number of ether oxygens (including phenoxy) is 1. The van der Waals surface area contributed by atoms with Crippen LogP contribution in [0.3, 0.4) is 0 Å². The Labute approximate surface area is 139 Å². The van der Waals surface area contributed by atoms with Crippen molar-refractivity contribution in [2.45, 2.75) is 59.2 Å². The summed E-state index contributed by atoms with van der Waals surface area (Å²) >= 11 is 0. The number of carbonyl (C=O) groups excluding carboxylic acids is 1. The highest BCUT2D eigenvalue weighted by Crippen LogP contribution is 2.29. The maximum absolute atomic E-state index is 12.7. The minimum absolute atomic E-state index is 0.0560. The van der Waals surface area contributed by atoms with Gasteiger partial charge in [0.05, 0.1) is 18.6 Å². The number of aliphatic hydroxyl groups is 1. The van der Waals surface area contributed by atoms with Gasteiger partial charge < -0.3 is 14.7 Å². The fourth-order valence-corrected chi connectivity index (χ4v) is 3.21. The highest BCUT2D eigenvalue weighted by molar-refractivity contribution is 5.79. The lowest BCUT2D eigenvalue weighted by Gasteiger charge is -2.30. The SMILES string of the molecule is CC(C)Oc1ccccc1CC(=O)N1CCC(O)CC(C)(C)C1. The Bertz CT molecular complexity index is 539. The summed E-state index contributed by atoms with van der Waals surface area (Å²) in [6.45, 7) is 9.50. The van der Waals surface area contributed by atoms with Gasteiger partial charge in [-0.25, -0.2) is 0 Å². The number of hydrogen-bond donors (Lipinski definition) is 1. The summed E-state index contributed by atoms with van der Waals surface area (Å²) in [7, 11) is 0. The van der Waals surface area contributed by atoms with E-state index in [0.717, 1.165) is 17.7 Å². The van der Waals surface area contributed by atoms with E-state index >= 15 is 0 Å². The first-order valence-electron chi connectivity index (χ1n) is 8.47. The first-order valence-corrected chi connectivity index (χ1v) is 8.47. The zero-order valence-electron chi connectivity index (χ0n) is 14.7. The molecule has 1 fully saturated rings. The number of benzene rings is 1. The fraction of sp³-hybridized carbons (Fsp3) is 0.632. The molecule has 1 N–H and O–H groups in total. The number of amides is 1. The number of hydrogen-bond acceptors (Lipinski definition) is 3. The molecule has 1 amide bonds. The zero-order chi connectivity index (χ0) is 17.0. The Morgan fingerprint density at radius 3 is 2.78 bits per heavy atom. The zero-order valence-corrected chi connectivity index (χ0v) is 14.7. The maximum Gasteiger partial charge on any atom is 0.227 e. The molecule has 1 saturated heterocycles. The lowest BCUT2D eigenvalue weighted by molar-refractivity contribution is -0.131. The van der Waals surface area contributed by atoms with Gasteiger partial charge in [-0.1, -0.05) is 32.0 Å². The number of rotatable bonds is 4. The predicted octanol–water partition coefficient (Wildman–Crippen LogP) is 3.03. The summed E-state index contributed by atoms with van der Waals surface area (Å²) in [6, 6.07) is 7.73. The van der Waals surface area contributed by atoms with Crippen molar-refractivity contribution in [3.05, 3.63) is 29.8 Å². The van der Waals surface area contributed by atoms with Gasteiger partial charge in [-0.05, 0) is 38.2 Å². The molecule has 0 aliphatic carbocycles. The van der Waals surface area contributed by atoms with Crippen molar-refractivity contribution < 1.29 is 14.6 Å². The number of aliphatic hydroxyl groups excluding tert-OH is 1. The Morgan fingerprint density at radius 2 is 2.09 bits per heavy atom. The molecule has 1 aliphatic heterocycles. The van der Waals surface area contributed by atoms with Gasteiger partial charge in [-0.15, -0.1) is 0 Å². The predicted molar refractivity (Wildman–Crippen MR) is 91.5 cm³/mol. The molecule has 1 aromatic rings. The fourth-order valence-electron chi connectivity index (χ4n) is 3.21. The molecule has 4 nitrogen and oxygen atoms in total. The molecule has 0 saturated carbocycles. The van der Waals surface area contributed by atoms with Crippen molar-refractivity contribution in [1.82, 2.24) is 4.90 Å². The van der Waals surface area contributed by atoms with Gasteiger partial charge in [0.1, 0.15) is 5.75 Å². The molecular formula is C19H29NO3. The standard InChI is InChI=1S/C19H29NO3/c1-14(2)23-17-8-6-5-7-15(17)11-18(22)20-10-9-16(21)12-19(3,4)13-20/h5-8,14,16,21H,9-13H2,1-4H3. The summed E-state index contributed by atoms with van der Waals surface area (Å²) in [5.74, 6) is 0.886. The molecule has 1 aromatic carbocycles. The molecule has 0 aromatic heterocycles. The summed E-state index contributed by atoms with van der Waals surface area (Å²) in [5.41, 5.74) is 0.869. The van der Waals surface area contributed by atoms with Crippen molar-refractivity contribution in [2.24, 2.45) is 5.41 Å². The maximum atomic E-state index is 12.7. The van der Waals surface area contributed by atoms with E-state index in [1.807, 2.05) is 43.0 Å². The van der Waals surface area contributed by atoms with Crippen LogP contribution in [0.1, 0.15) is 46.1 Å². The van der Waals surface area contributed by atoms with E-state index in [2.05, 4.69) is 13.8 Å². The van der Waals surface area contributed by atoms with E-state index < -0.39 is 0 Å². The molecule has 23 heavy (non-hydrogen) atoms. The Balaban J connectivity index is 2.09. The van der Waals surface area contributed by atoms with Crippen LogP contribution in [0.5, 0.6) is 5.75 Å². The van der Waals surface area contributed by atoms with Crippen LogP contribution in [0, 0.1) is 5.41 Å². The summed E-state index contributed by atoms with van der Waals surface area (Å²) in [6.07, 6.45) is 1.50. The van der Waals surface area contributed by atoms with Gasteiger partial charge in [0.25, 0.3) is 0 Å². The van der Waals surface area contributed by atoms with E-state index in [9.17, 15) is 9.90 Å². The van der Waals surface area contributed by atoms with E-state index in [-0.39, 0.29) is 23.5 Å². The number of likely N-dealkylation sites (tertiary alicyclic amines) is 1. The minimum atomic E-state index is -0.320. The van der Waals surface area contributed by atoms with E-state index in [4.69, 9.17) is 4.74 Å². The smallest absolute Gasteiger partial charge is 0.227 e. The quantitative estimate of drug-likeness (QED) is 0.928. The minimum Gasteiger partial charge on any atom is -0.491 e. The monoisotopic (exact) mass is 319 g/mol. The topological polar surface area (TPSA) is 49.8 Å². The first kappa shape index (κ1) is 17.8. The normalized spacial score (nSPS) is 21.1. The molecule has 0 spiro atoms. The van der Waals surface area contributed by atoms with Crippen molar-refractivity contribution in [3.8, 4) is 5.75 Å². The van der Waals surface area contributed by atoms with Crippen molar-refractivity contribution in [1.29, 1.82) is 0 Å². The van der Waals surface area contributed by atoms with Crippen molar-refractivity contribution in [2.75, 3.05) is 13.1 Å². The Kier molecular flexibility index (Phi) is 5.69. The van der Waals surface area contributed by atoms with Crippen LogP contribution in [0.4, 0.5) is 0 Å². The lowest BCUT2D eigenvalue weighted by atomic mass is 9.87. The molecule has 2 rings (SSSR count). The van der Waals surface area contributed by atoms with Crippen LogP contribution in [0.2, 0.25) is 0 Å². The molecule has 4 heteroatoms. The van der Waals surface area contributed by atoms with Gasteiger partial charge in [0, 0.05) is 18.7 Å². The number of carbonyl (C=O) groups is 1. The van der Waals surface area contributed by atoms with Gasteiger partial charge in [-0.3, -0.25) is 4.79 Å². The summed E-state index contributed by atoms with van der Waals surface area (Å²) in [5, 5.41) is 10.00. The highest BCUT2D eigenvalue weighted by atomic mass is 16.5. The van der Waals surface area contributed by atoms with Gasteiger partial charge >= 0.3 is 0 Å². The van der Waals surface area contributed by atoms with Crippen LogP contribution in [-0.4, -0.2) is 41.2 Å². The number of para-hydroxylation sites is 1. The average molecular weight is 319 g/mol. The summed E-state index contributed by atoms with van der Waals surface area (Å²) in [4.78, 5) is 14.6. The molecule has 1 atom stereocenters. The van der Waals surface area contributed by atoms with Gasteiger partial charge in [0.2, 0.25) is 5.91 Å². The van der Waals surface area contributed by atoms with E-state index in [0.29, 0.717) is 25.9 Å². The molecule has 0 bridgehead atoms. The molecular weight excluding hydrogens is 290 g/mol. The third-order valence-electron chi connectivity index (χ3n) is 4.17. The van der Waals surface area contributed by atoms with Gasteiger partial charge in [-0.2, -0.15) is 0 Å². The van der Waals surface area contributed by atoms with Crippen molar-refractivity contribution >= 4 is 5.91 Å². The summed E-state index contributed by atoms with van der Waals surface area (Å²) < 4.78 is 5.81. The van der Waals surface area contributed by atoms with Crippen molar-refractivity contribution in [3.63, 3.8) is 0 Å². The van der Waals surface area contributed by atoms with Crippen LogP contribution in [0.25, 0.3) is 0 Å². The van der Waals surface area contributed by atoms with E-state index in [1.165, 1.54) is 0 Å². The molecule has 1 aliphatic rings. The lowest BCUT2D eigenvalue weighted by Crippen LogP contribution is -2.38. The molecule has 0 radical (unpaired) electrons. The first-order chi connectivity index (χ1) is 10.8. The van der Waals surface area contributed by atoms with Crippen LogP contribution < -0.4 is 4.74 Å². The van der Waals surface area contributed by atoms with Crippen LogP contribution >= 0.6 is 0 Å². The Hall–Kier alpha value is -1.55. The third-order valence-corrected chi connectivity index (χ3v) is 4.17. The second-order valence-corrected chi connectivity index (χ2v) is 7.58. The molecule has 128 valence electrons. The molecule has 1 heterocycles. The van der Waals surface area contributed by atoms with E-state index in [1.54, 1.807) is 0 Å². The third kappa shape index (κ3) is 5.24.